The molecule has 0 aliphatic rings. The molecule has 2 rings (SSSR count). The first-order valence-electron chi connectivity index (χ1n) is 6.18. The van der Waals surface area contributed by atoms with Crippen molar-refractivity contribution in [1.29, 1.82) is 0 Å². The first kappa shape index (κ1) is 15.9. The number of halogens is 1. The Morgan fingerprint density at radius 2 is 2.00 bits per heavy atom. The van der Waals surface area contributed by atoms with Crippen LogP contribution < -0.4 is 4.72 Å². The van der Waals surface area contributed by atoms with Gasteiger partial charge in [0.25, 0.3) is 10.0 Å². The molecule has 0 fully saturated rings. The molecule has 112 valence electrons. The van der Waals surface area contributed by atoms with Crippen LogP contribution in [0.3, 0.4) is 0 Å². The minimum absolute atomic E-state index is 0.154. The summed E-state index contributed by atoms with van der Waals surface area (Å²) in [6.07, 6.45) is 3.02. The van der Waals surface area contributed by atoms with E-state index in [0.29, 0.717) is 21.3 Å². The standard InChI is InChI=1S/C14H15BrN2O3S/c1-9-5-10(2)14(6-11(9)8-18)21(19,20)17-13-3-4-16-7-12(13)15/h3-7,18H,8H2,1-2H3,(H,16,17). The van der Waals surface area contributed by atoms with Crippen molar-refractivity contribution >= 4 is 31.6 Å². The van der Waals surface area contributed by atoms with Crippen molar-refractivity contribution in [3.8, 4) is 0 Å². The van der Waals surface area contributed by atoms with Gasteiger partial charge in [0.2, 0.25) is 0 Å². The van der Waals surface area contributed by atoms with Crippen LogP contribution in [0.5, 0.6) is 0 Å². The molecule has 0 radical (unpaired) electrons. The molecule has 0 bridgehead atoms. The van der Waals surface area contributed by atoms with Crippen LogP contribution in [-0.4, -0.2) is 18.5 Å². The highest BCUT2D eigenvalue weighted by Gasteiger charge is 2.19. The van der Waals surface area contributed by atoms with Gasteiger partial charge in [-0.05, 0) is 58.6 Å². The summed E-state index contributed by atoms with van der Waals surface area (Å²) in [6, 6.07) is 4.82. The van der Waals surface area contributed by atoms with Gasteiger partial charge in [0.15, 0.2) is 0 Å². The molecule has 21 heavy (non-hydrogen) atoms. The van der Waals surface area contributed by atoms with Gasteiger partial charge in [0, 0.05) is 12.4 Å². The molecule has 1 aromatic carbocycles. The Balaban J connectivity index is 2.47. The third kappa shape index (κ3) is 3.42. The minimum atomic E-state index is -3.73. The lowest BCUT2D eigenvalue weighted by Crippen LogP contribution is -2.15. The summed E-state index contributed by atoms with van der Waals surface area (Å²) in [5, 5.41) is 9.30. The Labute approximate surface area is 132 Å². The maximum absolute atomic E-state index is 12.5. The van der Waals surface area contributed by atoms with E-state index >= 15 is 0 Å². The smallest absolute Gasteiger partial charge is 0.262 e. The first-order valence-corrected chi connectivity index (χ1v) is 8.46. The van der Waals surface area contributed by atoms with Gasteiger partial charge >= 0.3 is 0 Å². The van der Waals surface area contributed by atoms with E-state index in [4.69, 9.17) is 0 Å². The van der Waals surface area contributed by atoms with Crippen LogP contribution in [0.4, 0.5) is 5.69 Å². The lowest BCUT2D eigenvalue weighted by atomic mass is 10.1. The van der Waals surface area contributed by atoms with Crippen molar-refractivity contribution in [2.75, 3.05) is 4.72 Å². The van der Waals surface area contributed by atoms with Gasteiger partial charge < -0.3 is 5.11 Å². The van der Waals surface area contributed by atoms with E-state index in [9.17, 15) is 13.5 Å². The fourth-order valence-electron chi connectivity index (χ4n) is 1.99. The number of pyridine rings is 1. The average molecular weight is 371 g/mol. The number of rotatable bonds is 4. The largest absolute Gasteiger partial charge is 0.392 e. The van der Waals surface area contributed by atoms with Crippen LogP contribution in [0, 0.1) is 13.8 Å². The quantitative estimate of drug-likeness (QED) is 0.866. The van der Waals surface area contributed by atoms with E-state index < -0.39 is 10.0 Å². The second kappa shape index (κ2) is 6.13. The average Bonchev–Trinajstić information content (AvgIpc) is 2.41. The first-order chi connectivity index (χ1) is 9.85. The van der Waals surface area contributed by atoms with Crippen molar-refractivity contribution in [2.24, 2.45) is 0 Å². The molecule has 0 aliphatic carbocycles. The Morgan fingerprint density at radius 3 is 2.62 bits per heavy atom. The molecule has 2 N–H and O–H groups in total. The van der Waals surface area contributed by atoms with Gasteiger partial charge in [-0.2, -0.15) is 0 Å². The minimum Gasteiger partial charge on any atom is -0.392 e. The summed E-state index contributed by atoms with van der Waals surface area (Å²) in [7, 11) is -3.73. The SMILES string of the molecule is Cc1cc(C)c(S(=O)(=O)Nc2ccncc2Br)cc1CO. The number of benzene rings is 1. The summed E-state index contributed by atoms with van der Waals surface area (Å²) in [6.45, 7) is 3.36. The van der Waals surface area contributed by atoms with E-state index in [-0.39, 0.29) is 11.5 Å². The number of nitrogens with zero attached hydrogens (tertiary/aromatic N) is 1. The molecule has 1 heterocycles. The number of hydrogen-bond acceptors (Lipinski definition) is 4. The molecule has 0 unspecified atom stereocenters. The number of aliphatic hydroxyl groups excluding tert-OH is 1. The van der Waals surface area contributed by atoms with Crippen molar-refractivity contribution in [1.82, 2.24) is 4.98 Å². The molecule has 2 aromatic rings. The molecular formula is C14H15BrN2O3S. The number of sulfonamides is 1. The van der Waals surface area contributed by atoms with Gasteiger partial charge in [-0.25, -0.2) is 8.42 Å². The third-order valence-electron chi connectivity index (χ3n) is 3.11. The van der Waals surface area contributed by atoms with Gasteiger partial charge in [-0.3, -0.25) is 9.71 Å². The summed E-state index contributed by atoms with van der Waals surface area (Å²) in [4.78, 5) is 4.04. The van der Waals surface area contributed by atoms with E-state index in [0.717, 1.165) is 5.56 Å². The molecule has 0 amide bonds. The predicted molar refractivity (Wildman–Crippen MR) is 84.6 cm³/mol. The second-order valence-corrected chi connectivity index (χ2v) is 7.17. The monoisotopic (exact) mass is 370 g/mol. The molecule has 0 atom stereocenters. The number of anilines is 1. The van der Waals surface area contributed by atoms with E-state index in [1.54, 1.807) is 19.1 Å². The molecule has 0 aliphatic heterocycles. The van der Waals surface area contributed by atoms with Gasteiger partial charge in [0.05, 0.1) is 21.7 Å². The van der Waals surface area contributed by atoms with E-state index in [1.807, 2.05) is 6.92 Å². The lowest BCUT2D eigenvalue weighted by Gasteiger charge is -2.14. The highest BCUT2D eigenvalue weighted by Crippen LogP contribution is 2.26. The highest BCUT2D eigenvalue weighted by molar-refractivity contribution is 9.10. The summed E-state index contributed by atoms with van der Waals surface area (Å²) in [5.74, 6) is 0. The highest BCUT2D eigenvalue weighted by atomic mass is 79.9. The Morgan fingerprint density at radius 1 is 1.29 bits per heavy atom. The zero-order valence-corrected chi connectivity index (χ0v) is 14.0. The van der Waals surface area contributed by atoms with Crippen LogP contribution in [-0.2, 0) is 16.6 Å². The van der Waals surface area contributed by atoms with Crippen molar-refractivity contribution in [3.05, 3.63) is 51.8 Å². The number of hydrogen-bond donors (Lipinski definition) is 2. The lowest BCUT2D eigenvalue weighted by molar-refractivity contribution is 0.280. The summed E-state index contributed by atoms with van der Waals surface area (Å²) in [5.41, 5.74) is 2.49. The normalized spacial score (nSPS) is 11.4. The van der Waals surface area contributed by atoms with E-state index in [1.165, 1.54) is 18.5 Å². The topological polar surface area (TPSA) is 79.3 Å². The Bertz CT molecular complexity index is 776. The van der Waals surface area contributed by atoms with Crippen molar-refractivity contribution in [3.63, 3.8) is 0 Å². The number of aliphatic hydroxyl groups is 1. The van der Waals surface area contributed by atoms with E-state index in [2.05, 4.69) is 25.6 Å². The zero-order valence-electron chi connectivity index (χ0n) is 11.6. The third-order valence-corrected chi connectivity index (χ3v) is 5.25. The molecule has 7 heteroatoms. The van der Waals surface area contributed by atoms with Crippen LogP contribution in [0.25, 0.3) is 0 Å². The predicted octanol–water partition coefficient (Wildman–Crippen LogP) is 2.75. The summed E-state index contributed by atoms with van der Waals surface area (Å²) >= 11 is 3.25. The number of aryl methyl sites for hydroxylation is 2. The van der Waals surface area contributed by atoms with Crippen LogP contribution in [0.15, 0.2) is 40.0 Å². The van der Waals surface area contributed by atoms with Crippen LogP contribution in [0.1, 0.15) is 16.7 Å². The molecule has 0 saturated heterocycles. The molecular weight excluding hydrogens is 356 g/mol. The Kier molecular flexibility index (Phi) is 4.65. The maximum Gasteiger partial charge on any atom is 0.262 e. The van der Waals surface area contributed by atoms with Crippen LogP contribution >= 0.6 is 15.9 Å². The molecule has 0 saturated carbocycles. The Hall–Kier alpha value is -1.44. The summed E-state index contributed by atoms with van der Waals surface area (Å²) < 4.78 is 28.1. The maximum atomic E-state index is 12.5. The second-order valence-electron chi connectivity index (χ2n) is 4.66. The molecule has 5 nitrogen and oxygen atoms in total. The fraction of sp³-hybridized carbons (Fsp3) is 0.214. The molecule has 1 aromatic heterocycles. The number of nitrogens with one attached hydrogen (secondary N) is 1. The molecule has 0 spiro atoms. The number of aromatic nitrogens is 1. The van der Waals surface area contributed by atoms with Crippen LogP contribution in [0.2, 0.25) is 0 Å². The van der Waals surface area contributed by atoms with Gasteiger partial charge in [0.1, 0.15) is 0 Å². The van der Waals surface area contributed by atoms with Crippen molar-refractivity contribution < 1.29 is 13.5 Å². The zero-order chi connectivity index (χ0) is 15.6. The van der Waals surface area contributed by atoms with Gasteiger partial charge in [-0.15, -0.1) is 0 Å². The fourth-order valence-corrected chi connectivity index (χ4v) is 3.83. The van der Waals surface area contributed by atoms with Gasteiger partial charge in [-0.1, -0.05) is 6.07 Å². The van der Waals surface area contributed by atoms with Crippen molar-refractivity contribution in [2.45, 2.75) is 25.3 Å².